The zero-order chi connectivity index (χ0) is 22.0. The second-order valence-corrected chi connectivity index (χ2v) is 6.47. The second-order valence-electron chi connectivity index (χ2n) is 6.47. The molecule has 0 saturated carbocycles. The number of anilines is 4. The molecule has 4 N–H and O–H groups in total. The number of carbonyl (C=O) groups is 1. The van der Waals surface area contributed by atoms with Crippen molar-refractivity contribution in [3.63, 3.8) is 0 Å². The van der Waals surface area contributed by atoms with Crippen LogP contribution in [0.2, 0.25) is 0 Å². The summed E-state index contributed by atoms with van der Waals surface area (Å²) in [5.74, 6) is -0.274. The van der Waals surface area contributed by atoms with Gasteiger partial charge in [-0.25, -0.2) is 33.7 Å². The lowest BCUT2D eigenvalue weighted by atomic mass is 10.2. The fraction of sp³-hybridized carbons (Fsp3) is 0.150. The number of pyridine rings is 1. The van der Waals surface area contributed by atoms with E-state index in [-0.39, 0.29) is 42.1 Å². The van der Waals surface area contributed by atoms with Gasteiger partial charge in [-0.1, -0.05) is 18.2 Å². The number of nitrogen functional groups attached to an aromatic ring is 2. The predicted octanol–water partition coefficient (Wildman–Crippen LogP) is 2.87. The number of benzene rings is 1. The molecule has 0 saturated heterocycles. The van der Waals surface area contributed by atoms with E-state index in [1.165, 1.54) is 17.1 Å². The van der Waals surface area contributed by atoms with E-state index in [2.05, 4.69) is 20.1 Å². The molecule has 158 valence electrons. The summed E-state index contributed by atoms with van der Waals surface area (Å²) < 4.78 is 20.9. The lowest BCUT2D eigenvalue weighted by Gasteiger charge is -2.21. The standard InChI is InChI=1S/C20H19FN8O2/c1-2-31-20(30)29(15-16(22)25-11-26-17(15)23)19-13-7-5-9-24-18(13)28(27-19)10-12-6-3-4-8-14(12)21/h3-9,11H,2,10H2,1H3,(H4,22,23,25,26). The van der Waals surface area contributed by atoms with Crippen LogP contribution in [0.25, 0.3) is 11.0 Å². The molecule has 1 amide bonds. The number of carbonyl (C=O) groups excluding carboxylic acids is 1. The summed E-state index contributed by atoms with van der Waals surface area (Å²) in [7, 11) is 0. The van der Waals surface area contributed by atoms with Gasteiger partial charge in [0.15, 0.2) is 23.1 Å². The largest absolute Gasteiger partial charge is 0.449 e. The zero-order valence-corrected chi connectivity index (χ0v) is 16.6. The summed E-state index contributed by atoms with van der Waals surface area (Å²) in [6.07, 6.45) is 2.00. The van der Waals surface area contributed by atoms with Gasteiger partial charge in [-0.15, -0.1) is 0 Å². The predicted molar refractivity (Wildman–Crippen MR) is 113 cm³/mol. The molecule has 11 heteroatoms. The summed E-state index contributed by atoms with van der Waals surface area (Å²) in [5.41, 5.74) is 12.9. The first-order valence-electron chi connectivity index (χ1n) is 9.39. The molecule has 4 rings (SSSR count). The summed E-state index contributed by atoms with van der Waals surface area (Å²) in [5, 5.41) is 5.04. The molecule has 10 nitrogen and oxygen atoms in total. The topological polar surface area (TPSA) is 138 Å². The van der Waals surface area contributed by atoms with Gasteiger partial charge in [-0.05, 0) is 25.1 Å². The maximum atomic E-state index is 14.2. The van der Waals surface area contributed by atoms with Crippen LogP contribution in [0, 0.1) is 5.82 Å². The number of nitrogens with two attached hydrogens (primary N) is 2. The minimum Gasteiger partial charge on any atom is -0.449 e. The summed E-state index contributed by atoms with van der Waals surface area (Å²) in [4.78, 5) is 26.3. The summed E-state index contributed by atoms with van der Waals surface area (Å²) in [6.45, 7) is 1.86. The Balaban J connectivity index is 1.92. The van der Waals surface area contributed by atoms with E-state index in [1.807, 2.05) is 0 Å². The average Bonchev–Trinajstić information content (AvgIpc) is 3.11. The van der Waals surface area contributed by atoms with Crippen LogP contribution in [-0.4, -0.2) is 37.4 Å². The fourth-order valence-electron chi connectivity index (χ4n) is 3.16. The number of rotatable bonds is 5. The summed E-state index contributed by atoms with van der Waals surface area (Å²) >= 11 is 0. The minimum atomic E-state index is -0.767. The molecule has 0 fully saturated rings. The molecular weight excluding hydrogens is 403 g/mol. The molecule has 0 unspecified atom stereocenters. The number of hydrogen-bond acceptors (Lipinski definition) is 8. The van der Waals surface area contributed by atoms with Gasteiger partial charge in [0.05, 0.1) is 18.5 Å². The average molecular weight is 422 g/mol. The van der Waals surface area contributed by atoms with Gasteiger partial charge in [0.2, 0.25) is 0 Å². The first kappa shape index (κ1) is 20.0. The molecule has 0 radical (unpaired) electrons. The van der Waals surface area contributed by atoms with Gasteiger partial charge in [-0.2, -0.15) is 5.10 Å². The quantitative estimate of drug-likeness (QED) is 0.501. The molecule has 3 heterocycles. The van der Waals surface area contributed by atoms with Crippen LogP contribution in [0.15, 0.2) is 48.9 Å². The number of hydrogen-bond donors (Lipinski definition) is 2. The van der Waals surface area contributed by atoms with Crippen molar-refractivity contribution in [2.75, 3.05) is 23.0 Å². The van der Waals surface area contributed by atoms with Crippen molar-refractivity contribution in [3.05, 3.63) is 60.3 Å². The molecule has 0 atom stereocenters. The van der Waals surface area contributed by atoms with Crippen molar-refractivity contribution in [1.82, 2.24) is 24.7 Å². The lowest BCUT2D eigenvalue weighted by molar-refractivity contribution is 0.162. The first-order chi connectivity index (χ1) is 15.0. The van der Waals surface area contributed by atoms with E-state index in [1.54, 1.807) is 43.5 Å². The Labute approximate surface area is 176 Å². The zero-order valence-electron chi connectivity index (χ0n) is 16.6. The Bertz CT molecular complexity index is 1240. The SMILES string of the molecule is CCOC(=O)N(c1c(N)ncnc1N)c1nn(Cc2ccccc2F)c2ncccc12. The Hall–Kier alpha value is -4.28. The highest BCUT2D eigenvalue weighted by Crippen LogP contribution is 2.36. The molecule has 0 aliphatic carbocycles. The van der Waals surface area contributed by atoms with Gasteiger partial charge < -0.3 is 16.2 Å². The molecule has 0 bridgehead atoms. The van der Waals surface area contributed by atoms with Crippen molar-refractivity contribution in [2.24, 2.45) is 0 Å². The Morgan fingerprint density at radius 3 is 2.58 bits per heavy atom. The lowest BCUT2D eigenvalue weighted by Crippen LogP contribution is -2.29. The van der Waals surface area contributed by atoms with Gasteiger partial charge in [-0.3, -0.25) is 0 Å². The third-order valence-electron chi connectivity index (χ3n) is 4.53. The highest BCUT2D eigenvalue weighted by Gasteiger charge is 2.30. The molecule has 4 aromatic rings. The van der Waals surface area contributed by atoms with Gasteiger partial charge in [0.1, 0.15) is 17.8 Å². The van der Waals surface area contributed by atoms with E-state index < -0.39 is 6.09 Å². The second kappa shape index (κ2) is 8.22. The molecule has 31 heavy (non-hydrogen) atoms. The first-order valence-corrected chi connectivity index (χ1v) is 9.39. The van der Waals surface area contributed by atoms with Crippen molar-refractivity contribution >= 4 is 40.3 Å². The Morgan fingerprint density at radius 1 is 1.13 bits per heavy atom. The number of aromatic nitrogens is 5. The van der Waals surface area contributed by atoms with Crippen LogP contribution in [0.3, 0.4) is 0 Å². The molecule has 1 aromatic carbocycles. The van der Waals surface area contributed by atoms with Gasteiger partial charge >= 0.3 is 6.09 Å². The third-order valence-corrected chi connectivity index (χ3v) is 4.53. The molecule has 0 spiro atoms. The Morgan fingerprint density at radius 2 is 1.87 bits per heavy atom. The van der Waals surface area contributed by atoms with Crippen LogP contribution in [0.1, 0.15) is 12.5 Å². The molecule has 3 aromatic heterocycles. The molecule has 0 aliphatic heterocycles. The molecule has 0 aliphatic rings. The number of amides is 1. The van der Waals surface area contributed by atoms with Crippen molar-refractivity contribution < 1.29 is 13.9 Å². The smallest absolute Gasteiger partial charge is 0.420 e. The highest BCUT2D eigenvalue weighted by atomic mass is 19.1. The van der Waals surface area contributed by atoms with Crippen LogP contribution in [0.5, 0.6) is 0 Å². The van der Waals surface area contributed by atoms with Gasteiger partial charge in [0.25, 0.3) is 0 Å². The van der Waals surface area contributed by atoms with Crippen molar-refractivity contribution in [3.8, 4) is 0 Å². The van der Waals surface area contributed by atoms with E-state index in [0.717, 1.165) is 4.90 Å². The number of fused-ring (bicyclic) bond motifs is 1. The third kappa shape index (κ3) is 3.68. The van der Waals surface area contributed by atoms with Crippen LogP contribution >= 0.6 is 0 Å². The molecular formula is C20H19FN8O2. The van der Waals surface area contributed by atoms with Crippen molar-refractivity contribution in [1.29, 1.82) is 0 Å². The van der Waals surface area contributed by atoms with Crippen LogP contribution in [0.4, 0.5) is 32.3 Å². The normalized spacial score (nSPS) is 10.9. The highest BCUT2D eigenvalue weighted by molar-refractivity contribution is 6.06. The minimum absolute atomic E-state index is 0.0266. The number of ether oxygens (including phenoxy) is 1. The van der Waals surface area contributed by atoms with E-state index in [4.69, 9.17) is 16.2 Å². The monoisotopic (exact) mass is 422 g/mol. The van der Waals surface area contributed by atoms with E-state index in [0.29, 0.717) is 16.6 Å². The van der Waals surface area contributed by atoms with E-state index in [9.17, 15) is 9.18 Å². The van der Waals surface area contributed by atoms with E-state index >= 15 is 0 Å². The maximum Gasteiger partial charge on any atom is 0.420 e. The fourth-order valence-corrected chi connectivity index (χ4v) is 3.16. The van der Waals surface area contributed by atoms with Crippen molar-refractivity contribution in [2.45, 2.75) is 13.5 Å². The number of halogens is 1. The number of nitrogens with zero attached hydrogens (tertiary/aromatic N) is 6. The Kier molecular flexibility index (Phi) is 5.31. The van der Waals surface area contributed by atoms with Gasteiger partial charge in [0, 0.05) is 11.8 Å². The summed E-state index contributed by atoms with van der Waals surface area (Å²) in [6, 6.07) is 9.77. The van der Waals surface area contributed by atoms with Crippen LogP contribution in [-0.2, 0) is 11.3 Å². The maximum absolute atomic E-state index is 14.2. The van der Waals surface area contributed by atoms with Crippen LogP contribution < -0.4 is 16.4 Å².